The summed E-state index contributed by atoms with van der Waals surface area (Å²) in [6.45, 7) is 2.64. The molecular formula is C22H25FN2O5S. The van der Waals surface area contributed by atoms with Crippen LogP contribution in [0.5, 0.6) is 0 Å². The van der Waals surface area contributed by atoms with Gasteiger partial charge in [-0.2, -0.15) is 0 Å². The average molecular weight is 449 g/mol. The molecule has 2 aliphatic heterocycles. The Balaban J connectivity index is 1.30. The van der Waals surface area contributed by atoms with E-state index in [2.05, 4.69) is 4.72 Å². The summed E-state index contributed by atoms with van der Waals surface area (Å²) in [5.41, 5.74) is 1.18. The van der Waals surface area contributed by atoms with E-state index in [1.807, 2.05) is 4.90 Å². The van der Waals surface area contributed by atoms with Crippen LogP contribution in [0.15, 0.2) is 53.4 Å². The molecule has 0 atom stereocenters. The van der Waals surface area contributed by atoms with Crippen molar-refractivity contribution in [3.05, 3.63) is 59.9 Å². The molecule has 0 bridgehead atoms. The SMILES string of the molecule is O=C(Cc1ccc(NS(=O)(=O)c2ccc(F)cc2)cc1)N1CCC(C2OCCO2)CC1. The van der Waals surface area contributed by atoms with Crippen LogP contribution in [-0.4, -0.2) is 51.8 Å². The maximum Gasteiger partial charge on any atom is 0.261 e. The minimum absolute atomic E-state index is 0.0232. The number of carbonyl (C=O) groups is 1. The summed E-state index contributed by atoms with van der Waals surface area (Å²) in [5, 5.41) is 0. The van der Waals surface area contributed by atoms with Gasteiger partial charge in [-0.15, -0.1) is 0 Å². The summed E-state index contributed by atoms with van der Waals surface area (Å²) in [5.74, 6) is -0.122. The fraction of sp³-hybridized carbons (Fsp3) is 0.409. The summed E-state index contributed by atoms with van der Waals surface area (Å²) >= 11 is 0. The van der Waals surface area contributed by atoms with Crippen molar-refractivity contribution in [1.29, 1.82) is 0 Å². The van der Waals surface area contributed by atoms with E-state index in [1.54, 1.807) is 24.3 Å². The van der Waals surface area contributed by atoms with Gasteiger partial charge in [-0.1, -0.05) is 12.1 Å². The highest BCUT2D eigenvalue weighted by Crippen LogP contribution is 2.26. The molecule has 9 heteroatoms. The Morgan fingerprint density at radius 1 is 1.00 bits per heavy atom. The Morgan fingerprint density at radius 2 is 1.61 bits per heavy atom. The molecule has 2 fully saturated rings. The lowest BCUT2D eigenvalue weighted by molar-refractivity contribution is -0.136. The molecule has 0 saturated carbocycles. The largest absolute Gasteiger partial charge is 0.350 e. The third-order valence-corrected chi connectivity index (χ3v) is 7.01. The number of rotatable bonds is 6. The number of halogens is 1. The monoisotopic (exact) mass is 448 g/mol. The van der Waals surface area contributed by atoms with Gasteiger partial charge in [0.15, 0.2) is 6.29 Å². The summed E-state index contributed by atoms with van der Waals surface area (Å²) in [7, 11) is -3.81. The zero-order chi connectivity index (χ0) is 21.8. The van der Waals surface area contributed by atoms with Crippen LogP contribution in [0.1, 0.15) is 18.4 Å². The molecule has 31 heavy (non-hydrogen) atoms. The quantitative estimate of drug-likeness (QED) is 0.735. The molecule has 0 aliphatic carbocycles. The Labute approximate surface area is 181 Å². The highest BCUT2D eigenvalue weighted by atomic mass is 32.2. The number of hydrogen-bond donors (Lipinski definition) is 1. The van der Waals surface area contributed by atoms with E-state index in [4.69, 9.17) is 9.47 Å². The minimum atomic E-state index is -3.81. The molecule has 2 saturated heterocycles. The zero-order valence-corrected chi connectivity index (χ0v) is 17.8. The van der Waals surface area contributed by atoms with Crippen molar-refractivity contribution in [2.75, 3.05) is 31.0 Å². The maximum absolute atomic E-state index is 13.0. The Hall–Kier alpha value is -2.49. The van der Waals surface area contributed by atoms with Gasteiger partial charge < -0.3 is 14.4 Å². The maximum atomic E-state index is 13.0. The second-order valence-electron chi connectivity index (χ2n) is 7.76. The molecule has 0 radical (unpaired) electrons. The summed E-state index contributed by atoms with van der Waals surface area (Å²) in [6.07, 6.45) is 1.84. The van der Waals surface area contributed by atoms with E-state index < -0.39 is 15.8 Å². The molecular weight excluding hydrogens is 423 g/mol. The van der Waals surface area contributed by atoms with E-state index in [-0.39, 0.29) is 23.5 Å². The van der Waals surface area contributed by atoms with Crippen molar-refractivity contribution in [2.24, 2.45) is 5.92 Å². The lowest BCUT2D eigenvalue weighted by Crippen LogP contribution is -2.42. The number of anilines is 1. The number of amides is 1. The molecule has 4 rings (SSSR count). The molecule has 0 aromatic heterocycles. The normalized spacial score (nSPS) is 18.3. The average Bonchev–Trinajstić information content (AvgIpc) is 3.30. The fourth-order valence-electron chi connectivity index (χ4n) is 3.87. The van der Waals surface area contributed by atoms with Gasteiger partial charge >= 0.3 is 0 Å². The van der Waals surface area contributed by atoms with Crippen molar-refractivity contribution < 1.29 is 27.1 Å². The highest BCUT2D eigenvalue weighted by molar-refractivity contribution is 7.92. The van der Waals surface area contributed by atoms with E-state index in [0.29, 0.717) is 37.9 Å². The van der Waals surface area contributed by atoms with E-state index in [0.717, 1.165) is 30.5 Å². The number of sulfonamides is 1. The van der Waals surface area contributed by atoms with Crippen LogP contribution < -0.4 is 4.72 Å². The first kappa shape index (κ1) is 21.7. The summed E-state index contributed by atoms with van der Waals surface area (Å²) < 4.78 is 51.4. The van der Waals surface area contributed by atoms with Crippen LogP contribution in [0.3, 0.4) is 0 Å². The third-order valence-electron chi connectivity index (χ3n) is 5.61. The van der Waals surface area contributed by atoms with Gasteiger partial charge in [-0.05, 0) is 54.8 Å². The van der Waals surface area contributed by atoms with Crippen molar-refractivity contribution >= 4 is 21.6 Å². The van der Waals surface area contributed by atoms with Crippen molar-refractivity contribution in [1.82, 2.24) is 4.90 Å². The Kier molecular flexibility index (Phi) is 6.54. The number of nitrogens with zero attached hydrogens (tertiary/aromatic N) is 1. The van der Waals surface area contributed by atoms with Crippen LogP contribution in [0.4, 0.5) is 10.1 Å². The van der Waals surface area contributed by atoms with Gasteiger partial charge in [-0.3, -0.25) is 9.52 Å². The van der Waals surface area contributed by atoms with Gasteiger partial charge in [0.2, 0.25) is 5.91 Å². The second kappa shape index (κ2) is 9.33. The van der Waals surface area contributed by atoms with Gasteiger partial charge in [0.1, 0.15) is 5.82 Å². The number of nitrogens with one attached hydrogen (secondary N) is 1. The molecule has 2 heterocycles. The number of likely N-dealkylation sites (tertiary alicyclic amines) is 1. The van der Waals surface area contributed by atoms with Gasteiger partial charge in [0.05, 0.1) is 24.5 Å². The van der Waals surface area contributed by atoms with E-state index in [1.165, 1.54) is 12.1 Å². The van der Waals surface area contributed by atoms with Crippen molar-refractivity contribution in [2.45, 2.75) is 30.4 Å². The summed E-state index contributed by atoms with van der Waals surface area (Å²) in [4.78, 5) is 14.5. The molecule has 0 spiro atoms. The molecule has 1 amide bonds. The molecule has 166 valence electrons. The van der Waals surface area contributed by atoms with Crippen molar-refractivity contribution in [3.8, 4) is 0 Å². The second-order valence-corrected chi connectivity index (χ2v) is 9.44. The third kappa shape index (κ3) is 5.41. The number of hydrogen-bond acceptors (Lipinski definition) is 5. The molecule has 2 aromatic rings. The Morgan fingerprint density at radius 3 is 2.23 bits per heavy atom. The van der Waals surface area contributed by atoms with Crippen LogP contribution in [0.25, 0.3) is 0 Å². The van der Waals surface area contributed by atoms with Gasteiger partial charge in [0, 0.05) is 24.7 Å². The molecule has 1 N–H and O–H groups in total. The van der Waals surface area contributed by atoms with Crippen LogP contribution >= 0.6 is 0 Å². The van der Waals surface area contributed by atoms with Crippen molar-refractivity contribution in [3.63, 3.8) is 0 Å². The predicted molar refractivity (Wildman–Crippen MR) is 112 cm³/mol. The summed E-state index contributed by atoms with van der Waals surface area (Å²) in [6, 6.07) is 11.3. The number of ether oxygens (including phenoxy) is 2. The molecule has 2 aromatic carbocycles. The smallest absolute Gasteiger partial charge is 0.261 e. The number of piperidine rings is 1. The lowest BCUT2D eigenvalue weighted by Gasteiger charge is -2.34. The highest BCUT2D eigenvalue weighted by Gasteiger charge is 2.31. The zero-order valence-electron chi connectivity index (χ0n) is 17.0. The van der Waals surface area contributed by atoms with Gasteiger partial charge in [-0.25, -0.2) is 12.8 Å². The van der Waals surface area contributed by atoms with Crippen LogP contribution in [0.2, 0.25) is 0 Å². The van der Waals surface area contributed by atoms with Crippen LogP contribution in [0, 0.1) is 11.7 Å². The minimum Gasteiger partial charge on any atom is -0.350 e. The van der Waals surface area contributed by atoms with E-state index in [9.17, 15) is 17.6 Å². The van der Waals surface area contributed by atoms with Gasteiger partial charge in [0.25, 0.3) is 10.0 Å². The standard InChI is InChI=1S/C22H25FN2O5S/c23-18-3-7-20(8-4-18)31(27,28)24-19-5-1-16(2-6-19)15-21(26)25-11-9-17(10-12-25)22-29-13-14-30-22/h1-8,17,22,24H,9-15H2. The molecule has 7 nitrogen and oxygen atoms in total. The molecule has 2 aliphatic rings. The number of benzene rings is 2. The first-order valence-electron chi connectivity index (χ1n) is 10.3. The number of carbonyl (C=O) groups excluding carboxylic acids is 1. The lowest BCUT2D eigenvalue weighted by atomic mass is 9.95. The van der Waals surface area contributed by atoms with Crippen LogP contribution in [-0.2, 0) is 30.7 Å². The predicted octanol–water partition coefficient (Wildman–Crippen LogP) is 2.78. The fourth-order valence-corrected chi connectivity index (χ4v) is 4.93. The first-order chi connectivity index (χ1) is 14.9. The Bertz CT molecular complexity index is 997. The molecule has 0 unspecified atom stereocenters. The first-order valence-corrected chi connectivity index (χ1v) is 11.8. The van der Waals surface area contributed by atoms with E-state index >= 15 is 0 Å². The topological polar surface area (TPSA) is 84.9 Å².